The Morgan fingerprint density at radius 3 is 0.636 bits per heavy atom. The molecule has 0 aliphatic carbocycles. The molecule has 0 saturated carbocycles. The molecule has 22 heavy (non-hydrogen) atoms. The predicted molar refractivity (Wildman–Crippen MR) is 102 cm³/mol. The first-order valence-corrected chi connectivity index (χ1v) is 15.8. The van der Waals surface area contributed by atoms with Gasteiger partial charge in [0.25, 0.3) is 0 Å². The molecule has 0 radical (unpaired) electrons. The normalized spacial score (nSPS) is 12.5. The van der Waals surface area contributed by atoms with Gasteiger partial charge in [-0.05, 0) is 0 Å². The largest absolute Gasteiger partial charge is 0.344 e. The smallest absolute Gasteiger partial charge is 0.344 e. The van der Waals surface area contributed by atoms with Gasteiger partial charge in [0.1, 0.15) is 0 Å². The number of hydrogen-bond donors (Lipinski definition) is 1. The van der Waals surface area contributed by atoms with E-state index in [2.05, 4.69) is 55.4 Å². The van der Waals surface area contributed by atoms with Crippen LogP contribution in [0.3, 0.4) is 0 Å². The van der Waals surface area contributed by atoms with Crippen molar-refractivity contribution < 1.29 is 20.3 Å². The minimum Gasteiger partial charge on any atom is -0.344 e. The van der Waals surface area contributed by atoms with Gasteiger partial charge >= 0.3 is 142 Å². The molecule has 1 nitrogen and oxygen atoms in total. The molecule has 0 atom stereocenters. The van der Waals surface area contributed by atoms with Crippen molar-refractivity contribution in [1.29, 1.82) is 0 Å². The molecule has 2 heteroatoms. The third kappa shape index (κ3) is 4.92. The van der Waals surface area contributed by atoms with Crippen molar-refractivity contribution in [2.45, 2.75) is 121 Å². The topological polar surface area (TPSA) is 35.0 Å². The molecule has 0 amide bonds. The molecule has 0 rings (SSSR count). The molecule has 0 spiro atoms. The van der Waals surface area contributed by atoms with E-state index in [4.69, 9.17) is 0 Å². The molecule has 0 heterocycles. The van der Waals surface area contributed by atoms with E-state index >= 15 is 0 Å². The monoisotopic (exact) mass is 391 g/mol. The first kappa shape index (κ1) is 25.1. The van der Waals surface area contributed by atoms with E-state index in [0.29, 0.717) is 0 Å². The summed E-state index contributed by atoms with van der Waals surface area (Å²) in [6.07, 6.45) is 11.6. The number of hydrogen-bond acceptors (Lipinski definition) is 1. The Morgan fingerprint density at radius 2 is 0.545 bits per heavy atom. The quantitative estimate of drug-likeness (QED) is 0.354. The fourth-order valence-electron chi connectivity index (χ4n) is 5.98. The molecular weight excluding hydrogens is 345 g/mol. The second kappa shape index (κ2) is 13.2. The average Bonchev–Trinajstić information content (AvgIpc) is 2.51. The zero-order valence-electron chi connectivity index (χ0n) is 17.2. The van der Waals surface area contributed by atoms with Gasteiger partial charge in [0.15, 0.2) is 0 Å². The van der Waals surface area contributed by atoms with Crippen molar-refractivity contribution in [3.63, 3.8) is 0 Å². The van der Waals surface area contributed by atoms with Gasteiger partial charge in [-0.1, -0.05) is 0 Å². The number of rotatable bonds is 12. The summed E-state index contributed by atoms with van der Waals surface area (Å²) >= 11 is -2.28. The molecule has 0 aliphatic heterocycles. The molecule has 0 aromatic rings. The maximum Gasteiger partial charge on any atom is -0.344 e. The Morgan fingerprint density at radius 1 is 0.409 bits per heavy atom. The zero-order valence-corrected chi connectivity index (χ0v) is 19.6. The maximum atomic E-state index is 2.49. The third-order valence-electron chi connectivity index (χ3n) is 6.77. The fourth-order valence-corrected chi connectivity index (χ4v) is 29.7. The Balaban J connectivity index is 0. The van der Waals surface area contributed by atoms with Crippen LogP contribution >= 0.6 is 0 Å². The van der Waals surface area contributed by atoms with Crippen molar-refractivity contribution >= 4 is 0 Å². The zero-order chi connectivity index (χ0) is 16.5. The van der Waals surface area contributed by atoms with E-state index in [-0.39, 0.29) is 6.15 Å². The van der Waals surface area contributed by atoms with E-state index in [1.165, 1.54) is 51.4 Å². The molecule has 0 fully saturated rings. The Kier molecular flexibility index (Phi) is 15.0. The third-order valence-corrected chi connectivity index (χ3v) is 28.7. The first-order valence-electron chi connectivity index (χ1n) is 10.1. The van der Waals surface area contributed by atoms with Crippen LogP contribution in [0.25, 0.3) is 0 Å². The SMILES string of the molecule is CC[CH](CC)[Zr]([CH](CC)CC)([CH](CC)CC)[CH](CC)CC.N. The van der Waals surface area contributed by atoms with Crippen molar-refractivity contribution in [3.05, 3.63) is 0 Å². The van der Waals surface area contributed by atoms with Crippen molar-refractivity contribution in [2.75, 3.05) is 0 Å². The summed E-state index contributed by atoms with van der Waals surface area (Å²) in [5, 5.41) is 0. The maximum absolute atomic E-state index is 2.49. The van der Waals surface area contributed by atoms with Gasteiger partial charge in [-0.2, -0.15) is 0 Å². The van der Waals surface area contributed by atoms with Crippen LogP contribution in [0.4, 0.5) is 0 Å². The van der Waals surface area contributed by atoms with Crippen LogP contribution in [0.15, 0.2) is 0 Å². The van der Waals surface area contributed by atoms with Crippen molar-refractivity contribution in [2.24, 2.45) is 0 Å². The summed E-state index contributed by atoms with van der Waals surface area (Å²) in [6, 6.07) is 0. The van der Waals surface area contributed by atoms with Crippen LogP contribution in [0.2, 0.25) is 14.5 Å². The van der Waals surface area contributed by atoms with Crippen LogP contribution in [0, 0.1) is 0 Å². The molecule has 0 saturated heterocycles. The molecule has 0 bridgehead atoms. The molecule has 3 N–H and O–H groups in total. The van der Waals surface area contributed by atoms with Gasteiger partial charge in [-0.15, -0.1) is 0 Å². The minimum atomic E-state index is -2.28. The van der Waals surface area contributed by atoms with Crippen LogP contribution < -0.4 is 6.15 Å². The summed E-state index contributed by atoms with van der Waals surface area (Å²) in [4.78, 5) is 0. The summed E-state index contributed by atoms with van der Waals surface area (Å²) in [5.41, 5.74) is 0. The van der Waals surface area contributed by atoms with Gasteiger partial charge in [-0.25, -0.2) is 0 Å². The minimum absolute atomic E-state index is 0. The van der Waals surface area contributed by atoms with E-state index < -0.39 is 20.3 Å². The second-order valence-electron chi connectivity index (χ2n) is 7.05. The predicted octanol–water partition coefficient (Wildman–Crippen LogP) is 8.74. The molecule has 136 valence electrons. The average molecular weight is 393 g/mol. The summed E-state index contributed by atoms with van der Waals surface area (Å²) < 4.78 is 4.44. The molecule has 0 aliphatic rings. The molecular formula is C20H47NZr. The van der Waals surface area contributed by atoms with Crippen LogP contribution in [-0.2, 0) is 20.3 Å². The van der Waals surface area contributed by atoms with Gasteiger partial charge in [0, 0.05) is 0 Å². The van der Waals surface area contributed by atoms with Crippen molar-refractivity contribution in [1.82, 2.24) is 6.15 Å². The second-order valence-corrected chi connectivity index (χ2v) is 20.0. The standard InChI is InChI=1S/4C5H11.H3N.Zr/c4*1-3-5-4-2;;/h4*5H,3-4H2,1-2H3;1H3;. The van der Waals surface area contributed by atoms with E-state index in [1.807, 2.05) is 0 Å². The van der Waals surface area contributed by atoms with E-state index in [9.17, 15) is 0 Å². The molecule has 0 aromatic carbocycles. The Bertz CT molecular complexity index is 185. The summed E-state index contributed by atoms with van der Waals surface area (Å²) in [6.45, 7) is 19.9. The Hall–Kier alpha value is 0.843. The van der Waals surface area contributed by atoms with Crippen LogP contribution in [0.5, 0.6) is 0 Å². The van der Waals surface area contributed by atoms with Gasteiger partial charge in [0.05, 0.1) is 0 Å². The van der Waals surface area contributed by atoms with Crippen molar-refractivity contribution in [3.8, 4) is 0 Å². The first-order chi connectivity index (χ1) is 10.1. The van der Waals surface area contributed by atoms with Gasteiger partial charge in [0.2, 0.25) is 0 Å². The fraction of sp³-hybridized carbons (Fsp3) is 1.00. The molecule has 0 unspecified atom stereocenters. The van der Waals surface area contributed by atoms with Gasteiger partial charge < -0.3 is 6.15 Å². The van der Waals surface area contributed by atoms with Crippen LogP contribution in [-0.4, -0.2) is 0 Å². The van der Waals surface area contributed by atoms with Crippen LogP contribution in [0.1, 0.15) is 107 Å². The van der Waals surface area contributed by atoms with Gasteiger partial charge in [-0.3, -0.25) is 0 Å². The van der Waals surface area contributed by atoms with E-state index in [1.54, 1.807) is 0 Å². The molecule has 0 aromatic heterocycles. The van der Waals surface area contributed by atoms with E-state index in [0.717, 1.165) is 14.5 Å². The Labute approximate surface area is 147 Å². The summed E-state index contributed by atoms with van der Waals surface area (Å²) in [7, 11) is 0. The summed E-state index contributed by atoms with van der Waals surface area (Å²) in [5.74, 6) is 0.